The van der Waals surface area contributed by atoms with Crippen molar-refractivity contribution in [2.24, 2.45) is 0 Å². The van der Waals surface area contributed by atoms with Crippen LogP contribution in [0.25, 0.3) is 10.2 Å². The Balaban J connectivity index is 1.27. The average Bonchev–Trinajstić information content (AvgIpc) is 3.31. The molecular weight excluding hydrogens is 583 g/mol. The molecule has 39 heavy (non-hydrogen) atoms. The lowest BCUT2D eigenvalue weighted by molar-refractivity contribution is -0.149. The summed E-state index contributed by atoms with van der Waals surface area (Å²) in [4.78, 5) is 27.7. The summed E-state index contributed by atoms with van der Waals surface area (Å²) in [5.74, 6) is -6.03. The third kappa shape index (κ3) is 6.41. The van der Waals surface area contributed by atoms with Gasteiger partial charge in [0.05, 0.1) is 15.3 Å². The van der Waals surface area contributed by atoms with Gasteiger partial charge in [0, 0.05) is 12.1 Å². The van der Waals surface area contributed by atoms with Crippen LogP contribution in [0.5, 0.6) is 5.75 Å². The van der Waals surface area contributed by atoms with Gasteiger partial charge < -0.3 is 9.47 Å². The number of nitrogens with zero attached hydrogens (tertiary/aromatic N) is 2. The van der Waals surface area contributed by atoms with Crippen molar-refractivity contribution in [1.82, 2.24) is 4.98 Å². The number of carbonyl (C=O) groups excluding carboxylic acids is 2. The molecule has 0 saturated heterocycles. The van der Waals surface area contributed by atoms with Gasteiger partial charge in [-0.3, -0.25) is 14.4 Å². The number of benzene rings is 3. The van der Waals surface area contributed by atoms with Crippen molar-refractivity contribution in [3.05, 3.63) is 77.1 Å². The molecule has 1 aromatic heterocycles. The number of nitrogens with one attached hydrogen (secondary N) is 1. The minimum Gasteiger partial charge on any atom is -0.482 e. The van der Waals surface area contributed by atoms with Crippen LogP contribution >= 0.6 is 22.9 Å². The lowest BCUT2D eigenvalue weighted by Crippen LogP contribution is -2.26. The van der Waals surface area contributed by atoms with Crippen molar-refractivity contribution in [3.8, 4) is 5.75 Å². The Morgan fingerprint density at radius 1 is 1.03 bits per heavy atom. The van der Waals surface area contributed by atoms with Crippen LogP contribution in [0.3, 0.4) is 0 Å². The highest BCUT2D eigenvalue weighted by atomic mass is 35.5. The van der Waals surface area contributed by atoms with Crippen LogP contribution in [0.1, 0.15) is 0 Å². The number of carbonyl (C=O) groups is 2. The molecule has 1 amide bonds. The molecule has 0 fully saturated rings. The quantitative estimate of drug-likeness (QED) is 0.218. The minimum atomic E-state index is -3.83. The molecule has 9 nitrogen and oxygen atoms in total. The average molecular weight is 600 g/mol. The number of amides is 1. The molecule has 3 aromatic carbocycles. The molecule has 0 bridgehead atoms. The van der Waals surface area contributed by atoms with Gasteiger partial charge in [0.2, 0.25) is 0 Å². The number of fused-ring (bicyclic) bond motifs is 1. The highest BCUT2D eigenvalue weighted by Gasteiger charge is 2.22. The molecule has 0 aliphatic rings. The van der Waals surface area contributed by atoms with E-state index in [-0.39, 0.29) is 20.5 Å². The zero-order chi connectivity index (χ0) is 28.3. The van der Waals surface area contributed by atoms with Gasteiger partial charge in [-0.15, -0.1) is 0 Å². The second kappa shape index (κ2) is 11.5. The lowest BCUT2D eigenvalue weighted by Gasteiger charge is -2.20. The Kier molecular flexibility index (Phi) is 8.28. The van der Waals surface area contributed by atoms with E-state index in [0.717, 1.165) is 10.4 Å². The number of halogens is 4. The molecule has 0 spiro atoms. The number of anilines is 2. The number of hydrogen-bond donors (Lipinski definition) is 1. The van der Waals surface area contributed by atoms with Gasteiger partial charge in [-0.2, -0.15) is 0 Å². The van der Waals surface area contributed by atoms with E-state index in [1.54, 1.807) is 0 Å². The van der Waals surface area contributed by atoms with Crippen molar-refractivity contribution in [3.63, 3.8) is 0 Å². The monoisotopic (exact) mass is 599 g/mol. The van der Waals surface area contributed by atoms with E-state index < -0.39 is 58.1 Å². The molecular formula is C24H17ClF3N3O6S2. The first-order chi connectivity index (χ1) is 18.5. The van der Waals surface area contributed by atoms with Crippen LogP contribution < -0.4 is 14.4 Å². The largest absolute Gasteiger partial charge is 0.482 e. The fourth-order valence-corrected chi connectivity index (χ4v) is 5.39. The van der Waals surface area contributed by atoms with Crippen LogP contribution in [0, 0.1) is 17.5 Å². The van der Waals surface area contributed by atoms with Crippen LogP contribution in [0.4, 0.5) is 24.0 Å². The van der Waals surface area contributed by atoms with Crippen LogP contribution in [0.2, 0.25) is 5.02 Å². The number of thiazole rings is 1. The molecule has 4 aromatic rings. The fourth-order valence-electron chi connectivity index (χ4n) is 3.17. The molecule has 0 unspecified atom stereocenters. The highest BCUT2D eigenvalue weighted by molar-refractivity contribution is 7.92. The van der Waals surface area contributed by atoms with Crippen LogP contribution in [-0.2, 0) is 24.3 Å². The van der Waals surface area contributed by atoms with Crippen molar-refractivity contribution >= 4 is 65.9 Å². The number of ether oxygens (including phenoxy) is 2. The molecule has 15 heteroatoms. The minimum absolute atomic E-state index is 0.0214. The maximum Gasteiger partial charge on any atom is 0.344 e. The van der Waals surface area contributed by atoms with Gasteiger partial charge in [-0.05, 0) is 54.6 Å². The highest BCUT2D eigenvalue weighted by Crippen LogP contribution is 2.30. The summed E-state index contributed by atoms with van der Waals surface area (Å²) in [5, 5.41) is 2.51. The number of esters is 1. The molecule has 1 heterocycles. The van der Waals surface area contributed by atoms with Crippen molar-refractivity contribution in [2.75, 3.05) is 29.9 Å². The van der Waals surface area contributed by atoms with E-state index in [0.29, 0.717) is 22.0 Å². The molecule has 0 saturated carbocycles. The van der Waals surface area contributed by atoms with Crippen molar-refractivity contribution < 1.29 is 40.7 Å². The standard InChI is InChI=1S/C24H17ClF3N3O6S2/c1-31(39(34,35)16-8-2-13(25)3-9-16)14-4-6-15(7-5-14)36-12-20(33)37-11-19(32)29-24-30-23-18(38-24)10-17(26)21(27)22(23)28/h2-10H,11-12H2,1H3,(H,29,30,32). The Labute approximate surface area is 228 Å². The molecule has 204 valence electrons. The van der Waals surface area contributed by atoms with Gasteiger partial charge in [0.1, 0.15) is 11.3 Å². The summed E-state index contributed by atoms with van der Waals surface area (Å²) in [7, 11) is -2.45. The van der Waals surface area contributed by atoms with E-state index in [4.69, 9.17) is 21.1 Å². The lowest BCUT2D eigenvalue weighted by atomic mass is 10.3. The zero-order valence-electron chi connectivity index (χ0n) is 19.8. The normalized spacial score (nSPS) is 11.3. The summed E-state index contributed by atoms with van der Waals surface area (Å²) in [5.41, 5.74) is -0.115. The van der Waals surface area contributed by atoms with Gasteiger partial charge in [-0.1, -0.05) is 22.9 Å². The van der Waals surface area contributed by atoms with Crippen LogP contribution in [0.15, 0.2) is 59.5 Å². The van der Waals surface area contributed by atoms with Gasteiger partial charge in [0.25, 0.3) is 15.9 Å². The maximum absolute atomic E-state index is 13.8. The second-order valence-corrected chi connectivity index (χ2v) is 11.2. The summed E-state index contributed by atoms with van der Waals surface area (Å²) >= 11 is 6.52. The number of sulfonamides is 1. The molecule has 0 radical (unpaired) electrons. The first-order valence-corrected chi connectivity index (χ1v) is 13.5. The molecule has 1 N–H and O–H groups in total. The Morgan fingerprint density at radius 3 is 2.36 bits per heavy atom. The number of aromatic nitrogens is 1. The van der Waals surface area contributed by atoms with Crippen molar-refractivity contribution in [1.29, 1.82) is 0 Å². The predicted octanol–water partition coefficient (Wildman–Crippen LogP) is 4.75. The summed E-state index contributed by atoms with van der Waals surface area (Å²) < 4.78 is 77.2. The fraction of sp³-hybridized carbons (Fsp3) is 0.125. The van der Waals surface area contributed by atoms with Gasteiger partial charge >= 0.3 is 5.97 Å². The Bertz CT molecular complexity index is 1650. The number of rotatable bonds is 9. The summed E-state index contributed by atoms with van der Waals surface area (Å²) in [6.45, 7) is -1.29. The maximum atomic E-state index is 13.8. The third-order valence-corrected chi connectivity index (χ3v) is 8.13. The first-order valence-electron chi connectivity index (χ1n) is 10.8. The number of hydrogen-bond acceptors (Lipinski definition) is 8. The summed E-state index contributed by atoms with van der Waals surface area (Å²) in [6.07, 6.45) is 0. The SMILES string of the molecule is CN(c1ccc(OCC(=O)OCC(=O)Nc2nc3c(F)c(F)c(F)cc3s2)cc1)S(=O)(=O)c1ccc(Cl)cc1. The van der Waals surface area contributed by atoms with E-state index in [2.05, 4.69) is 10.3 Å². The topological polar surface area (TPSA) is 115 Å². The predicted molar refractivity (Wildman–Crippen MR) is 138 cm³/mol. The van der Waals surface area contributed by atoms with Crippen molar-refractivity contribution in [2.45, 2.75) is 4.90 Å². The van der Waals surface area contributed by atoms with E-state index >= 15 is 0 Å². The molecule has 0 aliphatic carbocycles. The van der Waals surface area contributed by atoms with E-state index in [1.165, 1.54) is 55.6 Å². The van der Waals surface area contributed by atoms with Gasteiger partial charge in [0.15, 0.2) is 35.8 Å². The van der Waals surface area contributed by atoms with Gasteiger partial charge in [-0.25, -0.2) is 31.4 Å². The Hall–Kier alpha value is -3.88. The molecule has 0 aliphatic heterocycles. The third-order valence-electron chi connectivity index (χ3n) is 5.16. The molecule has 4 rings (SSSR count). The zero-order valence-corrected chi connectivity index (χ0v) is 22.2. The molecule has 0 atom stereocenters. The first kappa shape index (κ1) is 28.1. The van der Waals surface area contributed by atoms with E-state index in [1.807, 2.05) is 0 Å². The Morgan fingerprint density at radius 2 is 1.69 bits per heavy atom. The smallest absolute Gasteiger partial charge is 0.344 e. The van der Waals surface area contributed by atoms with Crippen LogP contribution in [-0.4, -0.2) is 45.5 Å². The summed E-state index contributed by atoms with van der Waals surface area (Å²) in [6, 6.07) is 12.3. The van der Waals surface area contributed by atoms with E-state index in [9.17, 15) is 31.2 Å². The second-order valence-electron chi connectivity index (χ2n) is 7.77.